The van der Waals surface area contributed by atoms with Crippen LogP contribution in [-0.2, 0) is 11.2 Å². The zero-order valence-corrected chi connectivity index (χ0v) is 20.6. The Morgan fingerprint density at radius 3 is 2.71 bits per heavy atom. The van der Waals surface area contributed by atoms with E-state index in [9.17, 15) is 4.79 Å². The highest BCUT2D eigenvalue weighted by Crippen LogP contribution is 2.35. The summed E-state index contributed by atoms with van der Waals surface area (Å²) in [5.41, 5.74) is 4.98. The normalized spacial score (nSPS) is 18.2. The molecule has 1 saturated heterocycles. The quantitative estimate of drug-likeness (QED) is 0.564. The Labute approximate surface area is 206 Å². The van der Waals surface area contributed by atoms with E-state index in [0.29, 0.717) is 19.1 Å². The Hall–Kier alpha value is -3.52. The second-order valence-electron chi connectivity index (χ2n) is 9.58. The first kappa shape index (κ1) is 23.2. The average molecular weight is 476 g/mol. The number of nitrogens with one attached hydrogen (secondary N) is 2. The number of nitrogens with zero attached hydrogens (tertiary/aromatic N) is 3. The van der Waals surface area contributed by atoms with Crippen molar-refractivity contribution in [3.63, 3.8) is 0 Å². The first-order valence-electron chi connectivity index (χ1n) is 12.2. The summed E-state index contributed by atoms with van der Waals surface area (Å²) in [5, 5.41) is 10.2. The Morgan fingerprint density at radius 1 is 1.17 bits per heavy atom. The van der Waals surface area contributed by atoms with Gasteiger partial charge in [0.1, 0.15) is 18.1 Å². The standard InChI is InChI=1S/C27H33N5O3/c1-31(2)22-8-10-32(11-9-22)25-14-18(21-15-28-29-16-21)4-6-24(25)30-27(33)20-12-19-13-23(34-3)5-7-26(19)35-17-20/h4-7,13-16,20,22H,8-12,17H2,1-3H3,(H,28,29)(H,30,33)/t20-/m1/s1. The Balaban J connectivity index is 1.37. The van der Waals surface area contributed by atoms with Gasteiger partial charge in [0, 0.05) is 30.9 Å². The van der Waals surface area contributed by atoms with Gasteiger partial charge < -0.3 is 24.6 Å². The van der Waals surface area contributed by atoms with Crippen LogP contribution in [-0.4, -0.2) is 67.9 Å². The summed E-state index contributed by atoms with van der Waals surface area (Å²) in [6.45, 7) is 2.25. The van der Waals surface area contributed by atoms with Gasteiger partial charge in [-0.15, -0.1) is 0 Å². The number of H-pyrrole nitrogens is 1. The van der Waals surface area contributed by atoms with Crippen LogP contribution in [0.5, 0.6) is 11.5 Å². The lowest BCUT2D eigenvalue weighted by atomic mass is 9.95. The maximum atomic E-state index is 13.4. The van der Waals surface area contributed by atoms with Crippen molar-refractivity contribution in [2.75, 3.05) is 51.1 Å². The van der Waals surface area contributed by atoms with Crippen LogP contribution in [0.25, 0.3) is 11.1 Å². The van der Waals surface area contributed by atoms with E-state index >= 15 is 0 Å². The fourth-order valence-corrected chi connectivity index (χ4v) is 5.01. The number of ether oxygens (including phenoxy) is 2. The number of fused-ring (bicyclic) bond motifs is 1. The molecule has 2 aliphatic rings. The number of rotatable bonds is 6. The van der Waals surface area contributed by atoms with E-state index in [1.807, 2.05) is 42.7 Å². The molecule has 0 saturated carbocycles. The molecule has 35 heavy (non-hydrogen) atoms. The molecule has 5 rings (SSSR count). The molecule has 8 heteroatoms. The minimum absolute atomic E-state index is 0.0287. The summed E-state index contributed by atoms with van der Waals surface area (Å²) in [7, 11) is 5.93. The molecule has 0 spiro atoms. The smallest absolute Gasteiger partial charge is 0.231 e. The number of hydrogen-bond donors (Lipinski definition) is 2. The van der Waals surface area contributed by atoms with Crippen LogP contribution in [0.1, 0.15) is 18.4 Å². The number of anilines is 2. The van der Waals surface area contributed by atoms with Crippen molar-refractivity contribution >= 4 is 17.3 Å². The summed E-state index contributed by atoms with van der Waals surface area (Å²) >= 11 is 0. The van der Waals surface area contributed by atoms with Crippen molar-refractivity contribution in [1.82, 2.24) is 15.1 Å². The largest absolute Gasteiger partial charge is 0.497 e. The monoisotopic (exact) mass is 475 g/mol. The van der Waals surface area contributed by atoms with Crippen LogP contribution in [0, 0.1) is 5.92 Å². The second kappa shape index (κ2) is 10.00. The topological polar surface area (TPSA) is 82.7 Å². The number of methoxy groups -OCH3 is 1. The first-order valence-corrected chi connectivity index (χ1v) is 12.2. The molecule has 8 nitrogen and oxygen atoms in total. The van der Waals surface area contributed by atoms with Gasteiger partial charge in [0.25, 0.3) is 0 Å². The Kier molecular flexibility index (Phi) is 6.63. The molecular formula is C27H33N5O3. The minimum Gasteiger partial charge on any atom is -0.497 e. The van der Waals surface area contributed by atoms with Gasteiger partial charge in [-0.2, -0.15) is 5.10 Å². The summed E-state index contributed by atoms with van der Waals surface area (Å²) in [5.74, 6) is 1.30. The fraction of sp³-hybridized carbons (Fsp3) is 0.407. The van der Waals surface area contributed by atoms with Gasteiger partial charge in [-0.3, -0.25) is 9.89 Å². The van der Waals surface area contributed by atoms with Gasteiger partial charge in [-0.1, -0.05) is 6.07 Å². The van der Waals surface area contributed by atoms with Crippen molar-refractivity contribution in [2.24, 2.45) is 5.92 Å². The van der Waals surface area contributed by atoms with Crippen molar-refractivity contribution in [3.05, 3.63) is 54.4 Å². The predicted molar refractivity (Wildman–Crippen MR) is 137 cm³/mol. The van der Waals surface area contributed by atoms with E-state index < -0.39 is 0 Å². The summed E-state index contributed by atoms with van der Waals surface area (Å²) in [4.78, 5) is 18.0. The van der Waals surface area contributed by atoms with Crippen LogP contribution in [0.15, 0.2) is 48.8 Å². The lowest BCUT2D eigenvalue weighted by Gasteiger charge is -2.37. The second-order valence-corrected chi connectivity index (χ2v) is 9.58. The summed E-state index contributed by atoms with van der Waals surface area (Å²) < 4.78 is 11.2. The molecule has 0 radical (unpaired) electrons. The number of piperidine rings is 1. The first-order chi connectivity index (χ1) is 17.0. The molecule has 3 aromatic rings. The maximum Gasteiger partial charge on any atom is 0.231 e. The SMILES string of the molecule is COc1ccc2c(c1)C[C@@H](C(=O)Nc1ccc(-c3cn[nH]c3)cc1N1CCC(N(C)C)CC1)CO2. The van der Waals surface area contributed by atoms with Gasteiger partial charge in [0.05, 0.1) is 30.6 Å². The summed E-state index contributed by atoms with van der Waals surface area (Å²) in [6, 6.07) is 12.5. The highest BCUT2D eigenvalue weighted by Gasteiger charge is 2.28. The zero-order valence-electron chi connectivity index (χ0n) is 20.6. The predicted octanol–water partition coefficient (Wildman–Crippen LogP) is 3.81. The van der Waals surface area contributed by atoms with Gasteiger partial charge in [-0.05, 0) is 74.8 Å². The molecule has 3 heterocycles. The molecule has 184 valence electrons. The number of aromatic nitrogens is 2. The number of aromatic amines is 1. The van der Waals surface area contributed by atoms with E-state index in [1.165, 1.54) is 0 Å². The number of carbonyl (C=O) groups is 1. The molecule has 1 fully saturated rings. The lowest BCUT2D eigenvalue weighted by Crippen LogP contribution is -2.42. The maximum absolute atomic E-state index is 13.4. The van der Waals surface area contributed by atoms with E-state index in [2.05, 4.69) is 45.5 Å². The lowest BCUT2D eigenvalue weighted by molar-refractivity contribution is -0.121. The van der Waals surface area contributed by atoms with Crippen LogP contribution in [0.2, 0.25) is 0 Å². The number of hydrogen-bond acceptors (Lipinski definition) is 6. The van der Waals surface area contributed by atoms with Gasteiger partial charge in [-0.25, -0.2) is 0 Å². The van der Waals surface area contributed by atoms with E-state index in [4.69, 9.17) is 9.47 Å². The third kappa shape index (κ3) is 4.98. The molecule has 1 atom stereocenters. The van der Waals surface area contributed by atoms with Crippen LogP contribution in [0.3, 0.4) is 0 Å². The summed E-state index contributed by atoms with van der Waals surface area (Å²) in [6.07, 6.45) is 6.51. The zero-order chi connectivity index (χ0) is 24.4. The molecule has 0 bridgehead atoms. The van der Waals surface area contributed by atoms with Gasteiger partial charge >= 0.3 is 0 Å². The van der Waals surface area contributed by atoms with Crippen LogP contribution < -0.4 is 19.7 Å². The Morgan fingerprint density at radius 2 is 2.00 bits per heavy atom. The average Bonchev–Trinajstić information content (AvgIpc) is 3.43. The third-order valence-electron chi connectivity index (χ3n) is 7.17. The molecule has 2 aliphatic heterocycles. The number of benzene rings is 2. The van der Waals surface area contributed by atoms with Crippen molar-refractivity contribution < 1.29 is 14.3 Å². The fourth-order valence-electron chi connectivity index (χ4n) is 5.01. The van der Waals surface area contributed by atoms with Crippen LogP contribution in [0.4, 0.5) is 11.4 Å². The number of carbonyl (C=O) groups excluding carboxylic acids is 1. The highest BCUT2D eigenvalue weighted by molar-refractivity contribution is 5.97. The van der Waals surface area contributed by atoms with Crippen molar-refractivity contribution in [1.29, 1.82) is 0 Å². The number of amides is 1. The molecule has 2 aromatic carbocycles. The van der Waals surface area contributed by atoms with Crippen molar-refractivity contribution in [2.45, 2.75) is 25.3 Å². The van der Waals surface area contributed by atoms with E-state index in [-0.39, 0.29) is 11.8 Å². The van der Waals surface area contributed by atoms with Crippen molar-refractivity contribution in [3.8, 4) is 22.6 Å². The molecular weight excluding hydrogens is 442 g/mol. The van der Waals surface area contributed by atoms with Crippen LogP contribution >= 0.6 is 0 Å². The molecule has 2 N–H and O–H groups in total. The molecule has 1 aromatic heterocycles. The molecule has 1 amide bonds. The van der Waals surface area contributed by atoms with Gasteiger partial charge in [0.15, 0.2) is 0 Å². The molecule has 0 aliphatic carbocycles. The van der Waals surface area contributed by atoms with E-state index in [1.54, 1.807) is 7.11 Å². The highest BCUT2D eigenvalue weighted by atomic mass is 16.5. The van der Waals surface area contributed by atoms with Gasteiger partial charge in [0.2, 0.25) is 5.91 Å². The third-order valence-corrected chi connectivity index (χ3v) is 7.17. The minimum atomic E-state index is -0.268. The molecule has 0 unspecified atom stereocenters. The van der Waals surface area contributed by atoms with E-state index in [0.717, 1.165) is 65.5 Å². The Bertz CT molecular complexity index is 1170.